The minimum absolute atomic E-state index is 0.761. The van der Waals surface area contributed by atoms with E-state index < -0.39 is 0 Å². The average Bonchev–Trinajstić information content (AvgIpc) is 2.45. The Morgan fingerprint density at radius 2 is 1.90 bits per heavy atom. The van der Waals surface area contributed by atoms with Crippen LogP contribution >= 0.6 is 0 Å². The number of nitrogens with zero attached hydrogens (tertiary/aromatic N) is 2. The molecule has 2 N–H and O–H groups in total. The van der Waals surface area contributed by atoms with Gasteiger partial charge >= 0.3 is 0 Å². The normalized spacial score (nSPS) is 10.9. The summed E-state index contributed by atoms with van der Waals surface area (Å²) in [6, 6.07) is 7.96. The highest BCUT2D eigenvalue weighted by Crippen LogP contribution is 2.25. The summed E-state index contributed by atoms with van der Waals surface area (Å²) in [7, 11) is 3.77. The van der Waals surface area contributed by atoms with Crippen molar-refractivity contribution in [2.45, 2.75) is 26.9 Å². The van der Waals surface area contributed by atoms with Crippen molar-refractivity contribution in [3.05, 3.63) is 52.8 Å². The third-order valence-corrected chi connectivity index (χ3v) is 3.66. The lowest BCUT2D eigenvalue weighted by molar-refractivity contribution is 0.313. The Kier molecular flexibility index (Phi) is 4.81. The van der Waals surface area contributed by atoms with Gasteiger partial charge in [-0.25, -0.2) is 0 Å². The van der Waals surface area contributed by atoms with Crippen LogP contribution in [0.3, 0.4) is 0 Å². The largest absolute Gasteiger partial charge is 0.496 e. The third-order valence-electron chi connectivity index (χ3n) is 3.66. The van der Waals surface area contributed by atoms with Crippen LogP contribution in [0.2, 0.25) is 0 Å². The Bertz CT molecular complexity index is 625. The second-order valence-electron chi connectivity index (χ2n) is 5.42. The van der Waals surface area contributed by atoms with Gasteiger partial charge in [0, 0.05) is 36.1 Å². The fourth-order valence-corrected chi connectivity index (χ4v) is 2.51. The molecule has 4 heteroatoms. The molecule has 2 rings (SSSR count). The zero-order valence-electron chi connectivity index (χ0n) is 13.2. The first-order chi connectivity index (χ1) is 10.0. The van der Waals surface area contributed by atoms with Crippen LogP contribution in [0.1, 0.15) is 22.4 Å². The molecule has 0 aliphatic heterocycles. The maximum Gasteiger partial charge on any atom is 0.128 e. The molecule has 0 spiro atoms. The Balaban J connectivity index is 2.13. The summed E-state index contributed by atoms with van der Waals surface area (Å²) >= 11 is 0. The van der Waals surface area contributed by atoms with Gasteiger partial charge in [-0.15, -0.1) is 0 Å². The zero-order valence-corrected chi connectivity index (χ0v) is 13.2. The SMILES string of the molecule is COc1c(C)cnc(CN(C)Cc2ccccc2N)c1C. The van der Waals surface area contributed by atoms with Crippen molar-refractivity contribution in [3.63, 3.8) is 0 Å². The Morgan fingerprint density at radius 1 is 1.19 bits per heavy atom. The minimum Gasteiger partial charge on any atom is -0.496 e. The molecule has 0 aliphatic carbocycles. The van der Waals surface area contributed by atoms with E-state index in [9.17, 15) is 0 Å². The van der Waals surface area contributed by atoms with Crippen LogP contribution in [0.4, 0.5) is 5.69 Å². The highest BCUT2D eigenvalue weighted by molar-refractivity contribution is 5.46. The molecule has 1 aromatic heterocycles. The molecule has 0 amide bonds. The summed E-state index contributed by atoms with van der Waals surface area (Å²) < 4.78 is 5.46. The quantitative estimate of drug-likeness (QED) is 0.858. The molecule has 0 aliphatic rings. The van der Waals surface area contributed by atoms with E-state index in [4.69, 9.17) is 10.5 Å². The smallest absolute Gasteiger partial charge is 0.128 e. The predicted octanol–water partition coefficient (Wildman–Crippen LogP) is 2.92. The maximum atomic E-state index is 6.00. The number of ether oxygens (including phenoxy) is 1. The molecule has 1 aromatic carbocycles. The molecular weight excluding hydrogens is 262 g/mol. The molecule has 0 fully saturated rings. The Hall–Kier alpha value is -2.07. The number of nitrogen functional groups attached to an aromatic ring is 1. The number of pyridine rings is 1. The maximum absolute atomic E-state index is 6.00. The van der Waals surface area contributed by atoms with Crippen LogP contribution in [0, 0.1) is 13.8 Å². The molecule has 112 valence electrons. The number of para-hydroxylation sites is 1. The molecule has 1 heterocycles. The number of hydrogen-bond acceptors (Lipinski definition) is 4. The lowest BCUT2D eigenvalue weighted by Gasteiger charge is -2.20. The van der Waals surface area contributed by atoms with Crippen LogP contribution in [-0.4, -0.2) is 24.0 Å². The first-order valence-corrected chi connectivity index (χ1v) is 7.04. The van der Waals surface area contributed by atoms with Gasteiger partial charge in [-0.05, 0) is 32.5 Å². The summed E-state index contributed by atoms with van der Waals surface area (Å²) in [5.41, 5.74) is 11.2. The highest BCUT2D eigenvalue weighted by Gasteiger charge is 2.12. The van der Waals surface area contributed by atoms with E-state index in [0.717, 1.165) is 46.9 Å². The number of aromatic nitrogens is 1. The molecule has 0 unspecified atom stereocenters. The number of benzene rings is 1. The molecule has 4 nitrogen and oxygen atoms in total. The van der Waals surface area contributed by atoms with Crippen molar-refractivity contribution in [1.82, 2.24) is 9.88 Å². The van der Waals surface area contributed by atoms with Crippen LogP contribution in [0.5, 0.6) is 5.75 Å². The van der Waals surface area contributed by atoms with E-state index in [1.54, 1.807) is 7.11 Å². The first-order valence-electron chi connectivity index (χ1n) is 7.04. The molecule has 2 aromatic rings. The number of hydrogen-bond donors (Lipinski definition) is 1. The zero-order chi connectivity index (χ0) is 15.4. The minimum atomic E-state index is 0.761. The molecule has 21 heavy (non-hydrogen) atoms. The van der Waals surface area contributed by atoms with E-state index in [1.165, 1.54) is 0 Å². The van der Waals surface area contributed by atoms with Gasteiger partial charge in [0.15, 0.2) is 0 Å². The molecule has 0 radical (unpaired) electrons. The molecule has 0 atom stereocenters. The lowest BCUT2D eigenvalue weighted by Crippen LogP contribution is -2.19. The van der Waals surface area contributed by atoms with Gasteiger partial charge < -0.3 is 10.5 Å². The fraction of sp³-hybridized carbons (Fsp3) is 0.353. The fourth-order valence-electron chi connectivity index (χ4n) is 2.51. The van der Waals surface area contributed by atoms with Crippen molar-refractivity contribution in [1.29, 1.82) is 0 Å². The van der Waals surface area contributed by atoms with E-state index >= 15 is 0 Å². The van der Waals surface area contributed by atoms with Gasteiger partial charge in [0.25, 0.3) is 0 Å². The summed E-state index contributed by atoms with van der Waals surface area (Å²) in [6.07, 6.45) is 1.87. The second kappa shape index (κ2) is 6.59. The Morgan fingerprint density at radius 3 is 2.57 bits per heavy atom. The van der Waals surface area contributed by atoms with E-state index in [2.05, 4.69) is 29.9 Å². The number of anilines is 1. The van der Waals surface area contributed by atoms with Gasteiger partial charge in [0.1, 0.15) is 5.75 Å². The van der Waals surface area contributed by atoms with E-state index in [1.807, 2.05) is 31.3 Å². The number of nitrogens with two attached hydrogens (primary N) is 1. The van der Waals surface area contributed by atoms with Gasteiger partial charge in [-0.3, -0.25) is 9.88 Å². The molecule has 0 saturated carbocycles. The Labute approximate surface area is 126 Å². The van der Waals surface area contributed by atoms with Crippen molar-refractivity contribution in [3.8, 4) is 5.75 Å². The molecule has 0 bridgehead atoms. The van der Waals surface area contributed by atoms with Crippen molar-refractivity contribution < 1.29 is 4.74 Å². The highest BCUT2D eigenvalue weighted by atomic mass is 16.5. The summed E-state index contributed by atoms with van der Waals surface area (Å²) in [5.74, 6) is 0.924. The van der Waals surface area contributed by atoms with Crippen LogP contribution in [0.25, 0.3) is 0 Å². The molecular formula is C17H23N3O. The van der Waals surface area contributed by atoms with Crippen molar-refractivity contribution in [2.24, 2.45) is 0 Å². The van der Waals surface area contributed by atoms with Gasteiger partial charge in [-0.1, -0.05) is 18.2 Å². The number of rotatable bonds is 5. The van der Waals surface area contributed by atoms with Gasteiger partial charge in [0.05, 0.1) is 12.8 Å². The van der Waals surface area contributed by atoms with Gasteiger partial charge in [-0.2, -0.15) is 0 Å². The summed E-state index contributed by atoms with van der Waals surface area (Å²) in [4.78, 5) is 6.74. The number of aryl methyl sites for hydroxylation is 1. The lowest BCUT2D eigenvalue weighted by atomic mass is 10.1. The van der Waals surface area contributed by atoms with Gasteiger partial charge in [0.2, 0.25) is 0 Å². The van der Waals surface area contributed by atoms with Crippen molar-refractivity contribution in [2.75, 3.05) is 19.9 Å². The third kappa shape index (κ3) is 3.52. The summed E-state index contributed by atoms with van der Waals surface area (Å²) in [5, 5.41) is 0. The predicted molar refractivity (Wildman–Crippen MR) is 86.3 cm³/mol. The first kappa shape index (κ1) is 15.3. The summed E-state index contributed by atoms with van der Waals surface area (Å²) in [6.45, 7) is 5.62. The topological polar surface area (TPSA) is 51.4 Å². The monoisotopic (exact) mass is 285 g/mol. The second-order valence-corrected chi connectivity index (χ2v) is 5.42. The van der Waals surface area contributed by atoms with Crippen molar-refractivity contribution >= 4 is 5.69 Å². The molecule has 0 saturated heterocycles. The van der Waals surface area contributed by atoms with Crippen LogP contribution in [-0.2, 0) is 13.1 Å². The average molecular weight is 285 g/mol. The van der Waals surface area contributed by atoms with E-state index in [0.29, 0.717) is 0 Å². The van der Waals surface area contributed by atoms with E-state index in [-0.39, 0.29) is 0 Å². The van der Waals surface area contributed by atoms with Crippen LogP contribution < -0.4 is 10.5 Å². The van der Waals surface area contributed by atoms with Crippen LogP contribution in [0.15, 0.2) is 30.5 Å². The number of methoxy groups -OCH3 is 1. The standard InChI is InChI=1S/C17H23N3O/c1-12-9-19-16(13(2)17(12)21-4)11-20(3)10-14-7-5-6-8-15(14)18/h5-9H,10-11,18H2,1-4H3.